The molecule has 0 aliphatic heterocycles. The Labute approximate surface area is 270 Å². The largest absolute Gasteiger partial charge is 0.507 e. The number of phenols is 1. The first-order chi connectivity index (χ1) is 21.4. The van der Waals surface area contributed by atoms with Gasteiger partial charge in [0.25, 0.3) is 0 Å². The van der Waals surface area contributed by atoms with Gasteiger partial charge in [0.05, 0.1) is 16.6 Å². The van der Waals surface area contributed by atoms with E-state index in [2.05, 4.69) is 10.0 Å². The maximum Gasteiger partial charge on any atom is 0.339 e. The molecule has 0 saturated carbocycles. The molecule has 3 aromatic carbocycles. The molecule has 5 N–H and O–H groups in total. The molecule has 0 fully saturated rings. The van der Waals surface area contributed by atoms with Gasteiger partial charge in [-0.05, 0) is 48.2 Å². The Morgan fingerprint density at radius 2 is 1.60 bits per heavy atom. The maximum atomic E-state index is 13.3. The molecule has 0 heterocycles. The summed E-state index contributed by atoms with van der Waals surface area (Å²) in [7, 11) is -4.07. The first kappa shape index (κ1) is 35.6. The molecule has 240 valence electrons. The zero-order chi connectivity index (χ0) is 33.0. The molecule has 0 aromatic heterocycles. The van der Waals surface area contributed by atoms with Crippen molar-refractivity contribution < 1.29 is 42.9 Å². The number of rotatable bonds is 18. The molecule has 1 unspecified atom stereocenters. The number of aromatic carboxylic acids is 1. The molecule has 0 spiro atoms. The Balaban J connectivity index is 1.56. The van der Waals surface area contributed by atoms with E-state index in [1.54, 1.807) is 42.5 Å². The number of thioether (sulfide) groups is 1. The predicted octanol–water partition coefficient (Wildman–Crippen LogP) is 4.44. The zero-order valence-corrected chi connectivity index (χ0v) is 26.4. The Hall–Kier alpha value is -3.91. The van der Waals surface area contributed by atoms with E-state index in [-0.39, 0.29) is 35.8 Å². The number of carboxylic acids is 2. The number of carbonyl (C=O) groups excluding carboxylic acids is 2. The minimum absolute atomic E-state index is 0.0210. The topological polar surface area (TPSA) is 187 Å². The summed E-state index contributed by atoms with van der Waals surface area (Å²) in [6, 6.07) is 17.4. The van der Waals surface area contributed by atoms with Crippen LogP contribution in [-0.4, -0.2) is 65.7 Å². The van der Waals surface area contributed by atoms with Crippen molar-refractivity contribution in [3.8, 4) is 5.75 Å². The number of amides is 1. The van der Waals surface area contributed by atoms with Gasteiger partial charge in [-0.15, -0.1) is 11.8 Å². The first-order valence-corrected chi connectivity index (χ1v) is 16.9. The van der Waals surface area contributed by atoms with E-state index in [4.69, 9.17) is 16.7 Å². The van der Waals surface area contributed by atoms with E-state index in [1.807, 2.05) is 12.1 Å². The molecular weight excluding hydrogens is 644 g/mol. The van der Waals surface area contributed by atoms with E-state index < -0.39 is 51.1 Å². The standard InChI is InChI=1S/C31H33ClN2O9S2/c32-26-12-5-4-10-21(26)18-44-19-22(35)16-27(31(40)41)34-29(37)24(20-8-2-1-3-9-20)11-6-7-15-33-45(42,43)23-13-14-28(36)25(17-23)30(38)39/h1-5,8-10,12-14,17,24,27,33,36H,6-7,11,15-16,18-19H2,(H,34,37)(H,38,39)(H,40,41)/t24?,27-/m0/s1. The van der Waals surface area contributed by atoms with Crippen molar-refractivity contribution >= 4 is 57.0 Å². The number of carbonyl (C=O) groups is 4. The van der Waals surface area contributed by atoms with Crippen molar-refractivity contribution in [3.05, 3.63) is 94.5 Å². The summed E-state index contributed by atoms with van der Waals surface area (Å²) >= 11 is 7.44. The van der Waals surface area contributed by atoms with Crippen LogP contribution in [0, 0.1) is 0 Å². The highest BCUT2D eigenvalue weighted by atomic mass is 35.5. The fraction of sp³-hybridized carbons (Fsp3) is 0.290. The van der Waals surface area contributed by atoms with Gasteiger partial charge in [0.2, 0.25) is 15.9 Å². The highest BCUT2D eigenvalue weighted by Crippen LogP contribution is 2.25. The van der Waals surface area contributed by atoms with Crippen LogP contribution in [-0.2, 0) is 30.2 Å². The van der Waals surface area contributed by atoms with Crippen molar-refractivity contribution in [1.82, 2.24) is 10.0 Å². The minimum atomic E-state index is -4.07. The molecular formula is C31H33ClN2O9S2. The summed E-state index contributed by atoms with van der Waals surface area (Å²) in [4.78, 5) is 48.8. The maximum absolute atomic E-state index is 13.3. The average molecular weight is 677 g/mol. The number of aliphatic carboxylic acids is 1. The lowest BCUT2D eigenvalue weighted by molar-refractivity contribution is -0.143. The number of sulfonamides is 1. The lowest BCUT2D eigenvalue weighted by atomic mass is 9.92. The average Bonchev–Trinajstić information content (AvgIpc) is 2.99. The number of hydrogen-bond acceptors (Lipinski definition) is 8. The molecule has 3 aromatic rings. The van der Waals surface area contributed by atoms with Crippen molar-refractivity contribution in [2.75, 3.05) is 12.3 Å². The number of unbranched alkanes of at least 4 members (excludes halogenated alkanes) is 1. The van der Waals surface area contributed by atoms with Gasteiger partial charge in [-0.1, -0.05) is 66.6 Å². The van der Waals surface area contributed by atoms with Crippen LogP contribution >= 0.6 is 23.4 Å². The molecule has 11 nitrogen and oxygen atoms in total. The van der Waals surface area contributed by atoms with Crippen LogP contribution < -0.4 is 10.0 Å². The van der Waals surface area contributed by atoms with Gasteiger partial charge in [-0.25, -0.2) is 22.7 Å². The van der Waals surface area contributed by atoms with Crippen LogP contribution in [0.5, 0.6) is 5.75 Å². The molecule has 0 aliphatic rings. The summed E-state index contributed by atoms with van der Waals surface area (Å²) < 4.78 is 27.6. The van der Waals surface area contributed by atoms with Crippen molar-refractivity contribution in [1.29, 1.82) is 0 Å². The Kier molecular flexibility index (Phi) is 13.4. The molecule has 2 atom stereocenters. The summed E-state index contributed by atoms with van der Waals surface area (Å²) in [5.41, 5.74) is 0.935. The van der Waals surface area contributed by atoms with Crippen LogP contribution in [0.15, 0.2) is 77.7 Å². The first-order valence-electron chi connectivity index (χ1n) is 13.9. The fourth-order valence-electron chi connectivity index (χ4n) is 4.40. The monoisotopic (exact) mass is 676 g/mol. The third-order valence-corrected chi connectivity index (χ3v) is 9.63. The SMILES string of the molecule is O=C(CSCc1ccccc1Cl)C[C@H](NC(=O)C(CCCCNS(=O)(=O)c1ccc(O)c(C(=O)O)c1)c1ccccc1)C(=O)O. The highest BCUT2D eigenvalue weighted by Gasteiger charge is 2.28. The second-order valence-corrected chi connectivity index (χ2v) is 13.2. The van der Waals surface area contributed by atoms with E-state index in [0.717, 1.165) is 23.8 Å². The third-order valence-electron chi connectivity index (χ3n) is 6.76. The van der Waals surface area contributed by atoms with Crippen LogP contribution in [0.2, 0.25) is 5.02 Å². The minimum Gasteiger partial charge on any atom is -0.507 e. The van der Waals surface area contributed by atoms with E-state index in [9.17, 15) is 37.8 Å². The molecule has 0 radical (unpaired) electrons. The van der Waals surface area contributed by atoms with Crippen LogP contribution in [0.4, 0.5) is 0 Å². The highest BCUT2D eigenvalue weighted by molar-refractivity contribution is 7.99. The number of Topliss-reactive ketones (excluding diaryl/α,β-unsaturated/α-hetero) is 1. The van der Waals surface area contributed by atoms with Gasteiger partial charge in [0.1, 0.15) is 23.1 Å². The van der Waals surface area contributed by atoms with Gasteiger partial charge in [0, 0.05) is 23.7 Å². The number of ketones is 1. The van der Waals surface area contributed by atoms with Crippen molar-refractivity contribution in [2.24, 2.45) is 0 Å². The van der Waals surface area contributed by atoms with Crippen LogP contribution in [0.25, 0.3) is 0 Å². The third kappa shape index (κ3) is 10.9. The molecule has 0 aliphatic carbocycles. The number of hydrogen-bond donors (Lipinski definition) is 5. The second-order valence-electron chi connectivity index (χ2n) is 10.1. The van der Waals surface area contributed by atoms with E-state index >= 15 is 0 Å². The lowest BCUT2D eigenvalue weighted by Crippen LogP contribution is -2.44. The summed E-state index contributed by atoms with van der Waals surface area (Å²) in [5, 5.41) is 31.6. The van der Waals surface area contributed by atoms with Crippen LogP contribution in [0.1, 0.15) is 53.1 Å². The molecule has 45 heavy (non-hydrogen) atoms. The molecule has 14 heteroatoms. The Morgan fingerprint density at radius 1 is 0.911 bits per heavy atom. The molecule has 1 amide bonds. The van der Waals surface area contributed by atoms with E-state index in [0.29, 0.717) is 29.2 Å². The smallest absolute Gasteiger partial charge is 0.339 e. The normalized spacial score (nSPS) is 12.6. The van der Waals surface area contributed by atoms with Crippen molar-refractivity contribution in [2.45, 2.75) is 48.3 Å². The quantitative estimate of drug-likeness (QED) is 0.121. The Morgan fingerprint density at radius 3 is 2.27 bits per heavy atom. The Bertz CT molecular complexity index is 1620. The molecule has 0 bridgehead atoms. The zero-order valence-electron chi connectivity index (χ0n) is 24.0. The second kappa shape index (κ2) is 17.0. The van der Waals surface area contributed by atoms with E-state index in [1.165, 1.54) is 11.8 Å². The number of benzene rings is 3. The van der Waals surface area contributed by atoms with Gasteiger partial charge < -0.3 is 20.6 Å². The molecule has 3 rings (SSSR count). The fourth-order valence-corrected chi connectivity index (χ4v) is 6.70. The lowest BCUT2D eigenvalue weighted by Gasteiger charge is -2.21. The number of aromatic hydroxyl groups is 1. The number of carboxylic acid groups (broad SMARTS) is 2. The molecule has 0 saturated heterocycles. The summed E-state index contributed by atoms with van der Waals surface area (Å²) in [5.74, 6) is -4.53. The van der Waals surface area contributed by atoms with Crippen LogP contribution in [0.3, 0.4) is 0 Å². The van der Waals surface area contributed by atoms with Gasteiger partial charge in [-0.2, -0.15) is 0 Å². The number of nitrogens with one attached hydrogen (secondary N) is 2. The van der Waals surface area contributed by atoms with Gasteiger partial charge >= 0.3 is 11.9 Å². The summed E-state index contributed by atoms with van der Waals surface area (Å²) in [6.45, 7) is -0.0210. The summed E-state index contributed by atoms with van der Waals surface area (Å²) in [6.07, 6.45) is 0.554. The van der Waals surface area contributed by atoms with Gasteiger partial charge in [-0.3, -0.25) is 9.59 Å². The predicted molar refractivity (Wildman–Crippen MR) is 170 cm³/mol. The number of halogens is 1. The van der Waals surface area contributed by atoms with Gasteiger partial charge in [0.15, 0.2) is 0 Å². The van der Waals surface area contributed by atoms with Crippen molar-refractivity contribution in [3.63, 3.8) is 0 Å².